The van der Waals surface area contributed by atoms with E-state index in [1.165, 1.54) is 11.1 Å². The fraction of sp³-hybridized carbons (Fsp3) is 0.0714. The van der Waals surface area contributed by atoms with Crippen molar-refractivity contribution >= 4 is 17.3 Å². The Morgan fingerprint density at radius 1 is 0.875 bits per heavy atom. The smallest absolute Gasteiger partial charge is 0.118 e. The molecule has 0 radical (unpaired) electrons. The van der Waals surface area contributed by atoms with Crippen LogP contribution in [0.25, 0.3) is 0 Å². The third kappa shape index (κ3) is 1.74. The maximum absolute atomic E-state index is 5.85. The minimum absolute atomic E-state index is 0.252. The van der Waals surface area contributed by atoms with Crippen molar-refractivity contribution < 1.29 is 0 Å². The van der Waals surface area contributed by atoms with E-state index >= 15 is 0 Å². The van der Waals surface area contributed by atoms with Gasteiger partial charge in [0.2, 0.25) is 0 Å². The molecule has 2 aromatic rings. The molecule has 78 valence electrons. The molecule has 0 saturated carbocycles. The molecule has 0 fully saturated rings. The van der Waals surface area contributed by atoms with E-state index in [1.54, 1.807) is 0 Å². The molecular weight excluding hydrogens is 218 g/mol. The number of hydrogen-bond acceptors (Lipinski definition) is 1. The van der Waals surface area contributed by atoms with Crippen LogP contribution in [0.5, 0.6) is 0 Å². The topological polar surface area (TPSA) is 12.4 Å². The van der Waals surface area contributed by atoms with Crippen LogP contribution in [-0.2, 0) is 0 Å². The van der Waals surface area contributed by atoms with E-state index in [-0.39, 0.29) is 6.04 Å². The Kier molecular flexibility index (Phi) is 2.26. The Morgan fingerprint density at radius 3 is 2.25 bits per heavy atom. The summed E-state index contributed by atoms with van der Waals surface area (Å²) < 4.78 is 0. The zero-order valence-corrected chi connectivity index (χ0v) is 9.35. The van der Waals surface area contributed by atoms with Crippen LogP contribution in [-0.4, -0.2) is 5.71 Å². The van der Waals surface area contributed by atoms with Crippen molar-refractivity contribution in [3.8, 4) is 0 Å². The van der Waals surface area contributed by atoms with E-state index in [9.17, 15) is 0 Å². The summed E-state index contributed by atoms with van der Waals surface area (Å²) in [5, 5.41) is 0.765. The van der Waals surface area contributed by atoms with Gasteiger partial charge in [0.15, 0.2) is 0 Å². The number of benzene rings is 2. The molecule has 0 aromatic heterocycles. The minimum Gasteiger partial charge on any atom is -0.272 e. The van der Waals surface area contributed by atoms with Crippen LogP contribution in [0, 0.1) is 0 Å². The number of nitrogens with zero attached hydrogens (tertiary/aromatic N) is 1. The van der Waals surface area contributed by atoms with Gasteiger partial charge in [0.05, 0.1) is 5.71 Å². The van der Waals surface area contributed by atoms with Crippen LogP contribution < -0.4 is 0 Å². The van der Waals surface area contributed by atoms with Crippen LogP contribution in [0.2, 0.25) is 5.02 Å². The third-order valence-electron chi connectivity index (χ3n) is 2.71. The van der Waals surface area contributed by atoms with Gasteiger partial charge < -0.3 is 0 Å². The van der Waals surface area contributed by atoms with Crippen LogP contribution in [0.3, 0.4) is 0 Å². The van der Waals surface area contributed by atoms with Gasteiger partial charge in [-0.25, -0.2) is 0 Å². The van der Waals surface area contributed by atoms with Crippen molar-refractivity contribution in [1.82, 2.24) is 0 Å². The zero-order chi connectivity index (χ0) is 11.0. The van der Waals surface area contributed by atoms with Crippen LogP contribution in [0.15, 0.2) is 59.6 Å². The summed E-state index contributed by atoms with van der Waals surface area (Å²) in [5.41, 5.74) is 3.58. The molecule has 2 aromatic carbocycles. The molecule has 16 heavy (non-hydrogen) atoms. The molecule has 1 atom stereocenters. The predicted octanol–water partition coefficient (Wildman–Crippen LogP) is 3.88. The molecule has 0 saturated heterocycles. The second-order valence-corrected chi connectivity index (χ2v) is 4.27. The highest BCUT2D eigenvalue weighted by Crippen LogP contribution is 2.34. The normalized spacial score (nSPS) is 18.1. The lowest BCUT2D eigenvalue weighted by molar-refractivity contribution is 1.13. The van der Waals surface area contributed by atoms with Gasteiger partial charge in [-0.1, -0.05) is 54.1 Å². The van der Waals surface area contributed by atoms with Crippen molar-refractivity contribution in [2.45, 2.75) is 6.04 Å². The van der Waals surface area contributed by atoms with Crippen LogP contribution >= 0.6 is 11.6 Å². The molecule has 3 rings (SSSR count). The third-order valence-corrected chi connectivity index (χ3v) is 2.97. The molecule has 1 aliphatic rings. The largest absolute Gasteiger partial charge is 0.272 e. The van der Waals surface area contributed by atoms with Gasteiger partial charge in [0.25, 0.3) is 0 Å². The first-order valence-corrected chi connectivity index (χ1v) is 5.61. The SMILES string of the molecule is Clc1ccc(C2=NC2c2ccccc2)cc1. The highest BCUT2D eigenvalue weighted by atomic mass is 35.5. The second kappa shape index (κ2) is 3.76. The Balaban J connectivity index is 1.81. The van der Waals surface area contributed by atoms with Gasteiger partial charge in [-0.3, -0.25) is 4.99 Å². The van der Waals surface area contributed by atoms with E-state index < -0.39 is 0 Å². The van der Waals surface area contributed by atoms with Crippen molar-refractivity contribution in [3.63, 3.8) is 0 Å². The van der Waals surface area contributed by atoms with Crippen molar-refractivity contribution in [3.05, 3.63) is 70.7 Å². The van der Waals surface area contributed by atoms with E-state index in [0.717, 1.165) is 10.7 Å². The molecule has 0 amide bonds. The molecule has 0 bridgehead atoms. The molecule has 0 aliphatic carbocycles. The Labute approximate surface area is 99.4 Å². The van der Waals surface area contributed by atoms with Crippen LogP contribution in [0.4, 0.5) is 0 Å². The Bertz CT molecular complexity index is 528. The number of rotatable bonds is 2. The first-order chi connectivity index (χ1) is 7.84. The molecule has 1 nitrogen and oxygen atoms in total. The number of aliphatic imine (C=N–C) groups is 1. The fourth-order valence-electron chi connectivity index (χ4n) is 1.82. The first-order valence-electron chi connectivity index (χ1n) is 5.23. The van der Waals surface area contributed by atoms with Gasteiger partial charge in [0.1, 0.15) is 6.04 Å². The summed E-state index contributed by atoms with van der Waals surface area (Å²) in [4.78, 5) is 4.50. The second-order valence-electron chi connectivity index (χ2n) is 3.83. The highest BCUT2D eigenvalue weighted by Gasteiger charge is 2.29. The van der Waals surface area contributed by atoms with Gasteiger partial charge in [-0.05, 0) is 23.3 Å². The summed E-state index contributed by atoms with van der Waals surface area (Å²) in [6.07, 6.45) is 0. The molecule has 1 heterocycles. The summed E-state index contributed by atoms with van der Waals surface area (Å²) in [5.74, 6) is 0. The van der Waals surface area contributed by atoms with E-state index in [0.29, 0.717) is 0 Å². The van der Waals surface area contributed by atoms with E-state index in [2.05, 4.69) is 17.1 Å². The van der Waals surface area contributed by atoms with Gasteiger partial charge in [-0.2, -0.15) is 0 Å². The lowest BCUT2D eigenvalue weighted by Crippen LogP contribution is -1.92. The molecule has 2 heteroatoms. The summed E-state index contributed by atoms with van der Waals surface area (Å²) in [7, 11) is 0. The van der Waals surface area contributed by atoms with Crippen molar-refractivity contribution in [2.24, 2.45) is 4.99 Å². The van der Waals surface area contributed by atoms with E-state index in [4.69, 9.17) is 11.6 Å². The standard InChI is InChI=1S/C14H10ClN/c15-12-8-6-11(7-9-12)14-13(16-14)10-4-2-1-3-5-10/h1-9,13H. The lowest BCUT2D eigenvalue weighted by Gasteiger charge is -1.98. The van der Waals surface area contributed by atoms with Crippen molar-refractivity contribution in [1.29, 1.82) is 0 Å². The average Bonchev–Trinajstić information content (AvgIpc) is 3.11. The lowest BCUT2D eigenvalue weighted by atomic mass is 10.0. The average molecular weight is 228 g/mol. The van der Waals surface area contributed by atoms with Gasteiger partial charge in [-0.15, -0.1) is 0 Å². The Hall–Kier alpha value is -1.60. The fourth-order valence-corrected chi connectivity index (χ4v) is 1.95. The maximum atomic E-state index is 5.85. The predicted molar refractivity (Wildman–Crippen MR) is 67.2 cm³/mol. The molecular formula is C14H10ClN. The zero-order valence-electron chi connectivity index (χ0n) is 8.60. The van der Waals surface area contributed by atoms with Crippen molar-refractivity contribution in [2.75, 3.05) is 0 Å². The molecule has 1 unspecified atom stereocenters. The van der Waals surface area contributed by atoms with Gasteiger partial charge >= 0.3 is 0 Å². The molecule has 0 spiro atoms. The number of hydrogen-bond donors (Lipinski definition) is 0. The quantitative estimate of drug-likeness (QED) is 0.738. The summed E-state index contributed by atoms with van der Waals surface area (Å²) in [6, 6.07) is 18.4. The minimum atomic E-state index is 0.252. The summed E-state index contributed by atoms with van der Waals surface area (Å²) in [6.45, 7) is 0. The highest BCUT2D eigenvalue weighted by molar-refractivity contribution is 6.30. The number of halogens is 1. The first kappa shape index (κ1) is 9.61. The van der Waals surface area contributed by atoms with E-state index in [1.807, 2.05) is 42.5 Å². The Morgan fingerprint density at radius 2 is 1.56 bits per heavy atom. The van der Waals surface area contributed by atoms with Crippen LogP contribution in [0.1, 0.15) is 17.2 Å². The molecule has 1 aliphatic heterocycles. The summed E-state index contributed by atoms with van der Waals surface area (Å²) >= 11 is 5.85. The monoisotopic (exact) mass is 227 g/mol. The molecule has 0 N–H and O–H groups in total. The van der Waals surface area contributed by atoms with Gasteiger partial charge in [0, 0.05) is 5.02 Å². The maximum Gasteiger partial charge on any atom is 0.118 e.